The van der Waals surface area contributed by atoms with Gasteiger partial charge < -0.3 is 11.1 Å². The van der Waals surface area contributed by atoms with Gasteiger partial charge in [-0.15, -0.1) is 0 Å². The third-order valence-corrected chi connectivity index (χ3v) is 2.79. The number of amides is 1. The van der Waals surface area contributed by atoms with Crippen LogP contribution in [-0.4, -0.2) is 38.4 Å². The highest BCUT2D eigenvalue weighted by atomic mass is 32.2. The summed E-state index contributed by atoms with van der Waals surface area (Å²) in [7, 11) is -3.31. The Bertz CT molecular complexity index is 259. The maximum atomic E-state index is 11.1. The molecule has 0 rings (SSSR count). The van der Waals surface area contributed by atoms with Crippen LogP contribution in [0.2, 0.25) is 0 Å². The standard InChI is InChI=1S/C7H16N2O3S/c1-6(2)9-7(10)5-13(11,12)4-3-8/h6H,3-5,8H2,1-2H3,(H,9,10). The van der Waals surface area contributed by atoms with E-state index >= 15 is 0 Å². The minimum atomic E-state index is -3.31. The van der Waals surface area contributed by atoms with Crippen molar-refractivity contribution in [3.8, 4) is 0 Å². The predicted molar refractivity (Wildman–Crippen MR) is 51.0 cm³/mol. The fourth-order valence-electron chi connectivity index (χ4n) is 0.815. The first-order valence-corrected chi connectivity index (χ1v) is 5.89. The maximum Gasteiger partial charge on any atom is 0.235 e. The molecular formula is C7H16N2O3S. The first-order valence-electron chi connectivity index (χ1n) is 4.07. The molecule has 3 N–H and O–H groups in total. The van der Waals surface area contributed by atoms with Gasteiger partial charge in [-0.05, 0) is 13.8 Å². The Morgan fingerprint density at radius 1 is 1.46 bits per heavy atom. The van der Waals surface area contributed by atoms with Gasteiger partial charge in [-0.1, -0.05) is 0 Å². The van der Waals surface area contributed by atoms with E-state index in [0.717, 1.165) is 0 Å². The Morgan fingerprint density at radius 3 is 2.38 bits per heavy atom. The van der Waals surface area contributed by atoms with Crippen molar-refractivity contribution >= 4 is 15.7 Å². The molecule has 0 radical (unpaired) electrons. The zero-order valence-electron chi connectivity index (χ0n) is 7.91. The highest BCUT2D eigenvalue weighted by Crippen LogP contribution is 1.89. The summed E-state index contributed by atoms with van der Waals surface area (Å²) in [6.45, 7) is 3.60. The smallest absolute Gasteiger partial charge is 0.235 e. The molecule has 0 fully saturated rings. The molecule has 0 unspecified atom stereocenters. The molecule has 0 aromatic carbocycles. The van der Waals surface area contributed by atoms with E-state index in [1.165, 1.54) is 0 Å². The molecule has 0 aromatic rings. The van der Waals surface area contributed by atoms with Crippen molar-refractivity contribution in [1.29, 1.82) is 0 Å². The molecule has 0 spiro atoms. The van der Waals surface area contributed by atoms with E-state index in [1.54, 1.807) is 13.8 Å². The van der Waals surface area contributed by atoms with E-state index in [-0.39, 0.29) is 18.3 Å². The molecule has 0 heterocycles. The van der Waals surface area contributed by atoms with Crippen LogP contribution in [-0.2, 0) is 14.6 Å². The molecule has 0 atom stereocenters. The average molecular weight is 208 g/mol. The van der Waals surface area contributed by atoms with E-state index < -0.39 is 21.5 Å². The van der Waals surface area contributed by atoms with Crippen LogP contribution in [0.15, 0.2) is 0 Å². The Morgan fingerprint density at radius 2 is 2.00 bits per heavy atom. The van der Waals surface area contributed by atoms with Gasteiger partial charge in [0.15, 0.2) is 9.84 Å². The van der Waals surface area contributed by atoms with Crippen molar-refractivity contribution in [1.82, 2.24) is 5.32 Å². The van der Waals surface area contributed by atoms with E-state index in [4.69, 9.17) is 5.73 Å². The molecule has 5 nitrogen and oxygen atoms in total. The normalized spacial score (nSPS) is 11.7. The fraction of sp³-hybridized carbons (Fsp3) is 0.857. The number of sulfone groups is 1. The second-order valence-electron chi connectivity index (χ2n) is 3.10. The second kappa shape index (κ2) is 5.18. The maximum absolute atomic E-state index is 11.1. The van der Waals surface area contributed by atoms with Crippen molar-refractivity contribution in [2.75, 3.05) is 18.1 Å². The summed E-state index contributed by atoms with van der Waals surface area (Å²) in [4.78, 5) is 11.0. The van der Waals surface area contributed by atoms with Gasteiger partial charge in [0.2, 0.25) is 5.91 Å². The lowest BCUT2D eigenvalue weighted by Crippen LogP contribution is -2.36. The number of hydrogen-bond donors (Lipinski definition) is 2. The topological polar surface area (TPSA) is 89.3 Å². The van der Waals surface area contributed by atoms with Gasteiger partial charge in [0, 0.05) is 12.6 Å². The molecule has 78 valence electrons. The summed E-state index contributed by atoms with van der Waals surface area (Å²) >= 11 is 0. The van der Waals surface area contributed by atoms with Crippen LogP contribution in [0.4, 0.5) is 0 Å². The van der Waals surface area contributed by atoms with Gasteiger partial charge in [0.05, 0.1) is 5.75 Å². The van der Waals surface area contributed by atoms with Crippen LogP contribution in [0.3, 0.4) is 0 Å². The van der Waals surface area contributed by atoms with Crippen LogP contribution in [0, 0.1) is 0 Å². The quantitative estimate of drug-likeness (QED) is 0.599. The molecule has 6 heteroatoms. The number of carbonyl (C=O) groups is 1. The SMILES string of the molecule is CC(C)NC(=O)CS(=O)(=O)CCN. The van der Waals surface area contributed by atoms with Crippen LogP contribution < -0.4 is 11.1 Å². The lowest BCUT2D eigenvalue weighted by Gasteiger charge is -2.07. The molecule has 0 saturated heterocycles. The molecule has 0 saturated carbocycles. The third-order valence-electron chi connectivity index (χ3n) is 1.23. The summed E-state index contributed by atoms with van der Waals surface area (Å²) in [6, 6.07) is -0.0411. The highest BCUT2D eigenvalue weighted by molar-refractivity contribution is 7.92. The first-order chi connectivity index (χ1) is 5.87. The number of rotatable bonds is 5. The van der Waals surface area contributed by atoms with Gasteiger partial charge in [0.1, 0.15) is 5.75 Å². The lowest BCUT2D eigenvalue weighted by atomic mass is 10.4. The van der Waals surface area contributed by atoms with Gasteiger partial charge in [-0.25, -0.2) is 8.42 Å². The van der Waals surface area contributed by atoms with Crippen molar-refractivity contribution in [3.05, 3.63) is 0 Å². The zero-order valence-corrected chi connectivity index (χ0v) is 8.73. The molecule has 0 aliphatic rings. The summed E-state index contributed by atoms with van der Waals surface area (Å²) in [5.74, 6) is -1.08. The van der Waals surface area contributed by atoms with Gasteiger partial charge in [-0.3, -0.25) is 4.79 Å². The van der Waals surface area contributed by atoms with Crippen molar-refractivity contribution in [2.24, 2.45) is 5.73 Å². The number of hydrogen-bond acceptors (Lipinski definition) is 4. The van der Waals surface area contributed by atoms with E-state index in [2.05, 4.69) is 5.32 Å². The van der Waals surface area contributed by atoms with E-state index in [0.29, 0.717) is 0 Å². The number of nitrogens with one attached hydrogen (secondary N) is 1. The van der Waals surface area contributed by atoms with Gasteiger partial charge >= 0.3 is 0 Å². The van der Waals surface area contributed by atoms with Crippen molar-refractivity contribution < 1.29 is 13.2 Å². The van der Waals surface area contributed by atoms with Crippen LogP contribution in [0.25, 0.3) is 0 Å². The largest absolute Gasteiger partial charge is 0.353 e. The Hall–Kier alpha value is -0.620. The summed E-state index contributed by atoms with van der Waals surface area (Å²) < 4.78 is 22.2. The second-order valence-corrected chi connectivity index (χ2v) is 5.29. The molecule has 0 aliphatic heterocycles. The van der Waals surface area contributed by atoms with E-state index in [1.807, 2.05) is 0 Å². The minimum Gasteiger partial charge on any atom is -0.353 e. The highest BCUT2D eigenvalue weighted by Gasteiger charge is 2.15. The molecule has 0 bridgehead atoms. The summed E-state index contributed by atoms with van der Waals surface area (Å²) in [5, 5.41) is 2.50. The van der Waals surface area contributed by atoms with Crippen LogP contribution in [0.1, 0.15) is 13.8 Å². The number of carbonyl (C=O) groups excluding carboxylic acids is 1. The van der Waals surface area contributed by atoms with Gasteiger partial charge in [0.25, 0.3) is 0 Å². The van der Waals surface area contributed by atoms with Crippen molar-refractivity contribution in [2.45, 2.75) is 19.9 Å². The van der Waals surface area contributed by atoms with Crippen molar-refractivity contribution in [3.63, 3.8) is 0 Å². The molecule has 0 aromatic heterocycles. The zero-order chi connectivity index (χ0) is 10.5. The Balaban J connectivity index is 4.05. The average Bonchev–Trinajstić information content (AvgIpc) is 1.81. The Labute approximate surface area is 78.6 Å². The van der Waals surface area contributed by atoms with Crippen LogP contribution in [0.5, 0.6) is 0 Å². The summed E-state index contributed by atoms with van der Waals surface area (Å²) in [6.07, 6.45) is 0. The summed E-state index contributed by atoms with van der Waals surface area (Å²) in [5.41, 5.74) is 5.08. The lowest BCUT2D eigenvalue weighted by molar-refractivity contribution is -0.119. The predicted octanol–water partition coefficient (Wildman–Crippen LogP) is -1.12. The molecule has 13 heavy (non-hydrogen) atoms. The van der Waals surface area contributed by atoms with Crippen LogP contribution >= 0.6 is 0 Å². The van der Waals surface area contributed by atoms with E-state index in [9.17, 15) is 13.2 Å². The first kappa shape index (κ1) is 12.4. The molecule has 0 aliphatic carbocycles. The molecule has 1 amide bonds. The monoisotopic (exact) mass is 208 g/mol. The molecular weight excluding hydrogens is 192 g/mol. The minimum absolute atomic E-state index is 0.0411. The number of nitrogens with two attached hydrogens (primary N) is 1. The van der Waals surface area contributed by atoms with Gasteiger partial charge in [-0.2, -0.15) is 0 Å². The Kier molecular flexibility index (Phi) is 4.94. The fourth-order valence-corrected chi connectivity index (χ4v) is 1.80. The third kappa shape index (κ3) is 6.53.